The highest BCUT2D eigenvalue weighted by Gasteiger charge is 2.36. The Morgan fingerprint density at radius 3 is 1.44 bits per heavy atom. The highest BCUT2D eigenvalue weighted by molar-refractivity contribution is 6.25. The van der Waals surface area contributed by atoms with Gasteiger partial charge in [-0.3, -0.25) is 0 Å². The van der Waals surface area contributed by atoms with Crippen LogP contribution in [-0.4, -0.2) is 0 Å². The molecule has 0 bridgehead atoms. The molecule has 11 aromatic carbocycles. The Balaban J connectivity index is 0.656. The molecular weight excluding hydrogens is 853 g/mol. The second kappa shape index (κ2) is 15.2. The number of allylic oxidation sites excluding steroid dienone is 7. The Morgan fingerprint density at radius 2 is 0.845 bits per heavy atom. The van der Waals surface area contributed by atoms with Crippen molar-refractivity contribution in [2.75, 3.05) is 0 Å². The lowest BCUT2D eigenvalue weighted by Crippen LogP contribution is -2.17. The lowest BCUT2D eigenvalue weighted by molar-refractivity contribution is 0.661. The molecular formula is C71H48. The van der Waals surface area contributed by atoms with Crippen LogP contribution in [0.4, 0.5) is 0 Å². The minimum Gasteiger partial charge on any atom is -0.0759 e. The van der Waals surface area contributed by atoms with E-state index in [9.17, 15) is 0 Å². The van der Waals surface area contributed by atoms with Gasteiger partial charge in [0.15, 0.2) is 0 Å². The van der Waals surface area contributed by atoms with Crippen molar-refractivity contribution in [3.63, 3.8) is 0 Å². The van der Waals surface area contributed by atoms with Crippen LogP contribution in [0.15, 0.2) is 242 Å². The smallest absolute Gasteiger partial charge is 0.0345 e. The standard InChI is InChI=1S/C71H48/c1-71(2)65-41-57(33-37-61(65)62-38-34-58(42-66(62)71)48-19-23-50(24-20-48)60-36-30-56-28-26-52-6-4-8-54-32-40-64(60)70(56)68(52)54)47-15-13-45(14-16-47)43-9-11-44(12-10-43)46-17-21-49(22-18-46)59-35-29-55-27-25-51-5-3-7-53-31-39-63(59)69(55)67(51)53/h3-27,29-42,68H,28H2,1-2H3. The first-order valence-corrected chi connectivity index (χ1v) is 25.2. The van der Waals surface area contributed by atoms with E-state index in [-0.39, 0.29) is 5.41 Å². The Labute approximate surface area is 415 Å². The average molecular weight is 901 g/mol. The molecule has 0 saturated carbocycles. The van der Waals surface area contributed by atoms with Crippen LogP contribution in [0.5, 0.6) is 0 Å². The van der Waals surface area contributed by atoms with Gasteiger partial charge < -0.3 is 0 Å². The fourth-order valence-corrected chi connectivity index (χ4v) is 12.8. The zero-order valence-corrected chi connectivity index (χ0v) is 39.8. The zero-order chi connectivity index (χ0) is 47.0. The van der Waals surface area contributed by atoms with E-state index in [1.807, 2.05) is 0 Å². The van der Waals surface area contributed by atoms with Crippen LogP contribution in [0.1, 0.15) is 47.6 Å². The van der Waals surface area contributed by atoms with Gasteiger partial charge >= 0.3 is 0 Å². The predicted octanol–water partition coefficient (Wildman–Crippen LogP) is 19.0. The van der Waals surface area contributed by atoms with Crippen LogP contribution in [0, 0.1) is 0 Å². The maximum absolute atomic E-state index is 2.44. The predicted molar refractivity (Wildman–Crippen MR) is 301 cm³/mol. The van der Waals surface area contributed by atoms with Crippen molar-refractivity contribution in [2.45, 2.75) is 31.6 Å². The molecule has 1 unspecified atom stereocenters. The summed E-state index contributed by atoms with van der Waals surface area (Å²) in [6.45, 7) is 4.78. The fourth-order valence-electron chi connectivity index (χ4n) is 12.8. The summed E-state index contributed by atoms with van der Waals surface area (Å²) in [5, 5.41) is 7.93. The van der Waals surface area contributed by atoms with Gasteiger partial charge in [0, 0.05) is 11.3 Å². The van der Waals surface area contributed by atoms with E-state index in [4.69, 9.17) is 0 Å². The molecule has 11 aromatic rings. The van der Waals surface area contributed by atoms with E-state index < -0.39 is 0 Å². The molecule has 0 N–H and O–H groups in total. The number of benzene rings is 11. The minimum absolute atomic E-state index is 0.130. The van der Waals surface area contributed by atoms with Crippen molar-refractivity contribution < 1.29 is 0 Å². The van der Waals surface area contributed by atoms with Crippen LogP contribution < -0.4 is 0 Å². The molecule has 0 heterocycles. The monoisotopic (exact) mass is 900 g/mol. The van der Waals surface area contributed by atoms with Gasteiger partial charge in [0.25, 0.3) is 0 Å². The van der Waals surface area contributed by atoms with Crippen LogP contribution in [0.2, 0.25) is 0 Å². The van der Waals surface area contributed by atoms with Gasteiger partial charge in [0.1, 0.15) is 0 Å². The van der Waals surface area contributed by atoms with E-state index in [1.165, 1.54) is 149 Å². The third-order valence-corrected chi connectivity index (χ3v) is 16.6. The Kier molecular flexibility index (Phi) is 8.64. The lowest BCUT2D eigenvalue weighted by atomic mass is 9.70. The van der Waals surface area contributed by atoms with E-state index in [0.29, 0.717) is 5.92 Å². The molecule has 71 heavy (non-hydrogen) atoms. The van der Waals surface area contributed by atoms with Gasteiger partial charge in [-0.25, -0.2) is 0 Å². The molecule has 0 nitrogen and oxygen atoms in total. The van der Waals surface area contributed by atoms with Crippen molar-refractivity contribution in [2.24, 2.45) is 0 Å². The number of rotatable bonds is 6. The second-order valence-corrected chi connectivity index (χ2v) is 20.7. The topological polar surface area (TPSA) is 0 Å². The van der Waals surface area contributed by atoms with Gasteiger partial charge in [-0.2, -0.15) is 0 Å². The van der Waals surface area contributed by atoms with Crippen molar-refractivity contribution >= 4 is 38.4 Å². The largest absolute Gasteiger partial charge is 0.0759 e. The summed E-state index contributed by atoms with van der Waals surface area (Å²) in [6.07, 6.45) is 14.9. The maximum Gasteiger partial charge on any atom is 0.0345 e. The Hall–Kier alpha value is -8.58. The van der Waals surface area contributed by atoms with E-state index in [1.54, 1.807) is 0 Å². The second-order valence-electron chi connectivity index (χ2n) is 20.7. The molecule has 15 rings (SSSR count). The zero-order valence-electron chi connectivity index (χ0n) is 39.8. The summed E-state index contributed by atoms with van der Waals surface area (Å²) in [5.74, 6) is 0.365. The molecule has 1 atom stereocenters. The normalized spacial score (nSPS) is 15.7. The van der Waals surface area contributed by atoms with Crippen LogP contribution in [0.3, 0.4) is 0 Å². The Morgan fingerprint density at radius 1 is 0.380 bits per heavy atom. The summed E-state index contributed by atoms with van der Waals surface area (Å²) in [7, 11) is 0. The quantitative estimate of drug-likeness (QED) is 0.146. The lowest BCUT2D eigenvalue weighted by Gasteiger charge is -2.34. The molecule has 4 aliphatic rings. The number of fused-ring (bicyclic) bond motifs is 3. The van der Waals surface area contributed by atoms with Crippen molar-refractivity contribution in [3.05, 3.63) is 270 Å². The van der Waals surface area contributed by atoms with Gasteiger partial charge in [0.05, 0.1) is 0 Å². The van der Waals surface area contributed by atoms with Crippen LogP contribution in [0.25, 0.3) is 116 Å². The number of hydrogen-bond acceptors (Lipinski definition) is 0. The highest BCUT2D eigenvalue weighted by atomic mass is 14.4. The maximum atomic E-state index is 2.44. The average Bonchev–Trinajstić information content (AvgIpc) is 3.66. The fraction of sp³-hybridized carbons (Fsp3) is 0.0704. The molecule has 0 fully saturated rings. The highest BCUT2D eigenvalue weighted by Crippen LogP contribution is 2.52. The van der Waals surface area contributed by atoms with Crippen molar-refractivity contribution in [1.29, 1.82) is 0 Å². The summed E-state index contributed by atoms with van der Waals surface area (Å²) < 4.78 is 0. The third-order valence-electron chi connectivity index (χ3n) is 16.6. The Bertz CT molecular complexity index is 4130. The van der Waals surface area contributed by atoms with Gasteiger partial charge in [-0.1, -0.05) is 238 Å². The molecule has 0 aromatic heterocycles. The molecule has 0 spiro atoms. The SMILES string of the molecule is CC1(C)c2cc(-c3ccc(-c4ccc(-c5ccc(-c6ccc7ccc8cccc9ccc6c7c89)cc5)cc4)cc3)ccc2-c2ccc(-c3ccc(-c4ccc5c6c4C=CC4=CC=CC(=CC5)C46)cc3)cc21. The molecule has 0 aliphatic heterocycles. The van der Waals surface area contributed by atoms with E-state index >= 15 is 0 Å². The summed E-state index contributed by atoms with van der Waals surface area (Å²) >= 11 is 0. The molecule has 0 heteroatoms. The molecule has 0 radical (unpaired) electrons. The van der Waals surface area contributed by atoms with E-state index in [0.717, 1.165) is 6.42 Å². The first kappa shape index (κ1) is 40.3. The van der Waals surface area contributed by atoms with Gasteiger partial charge in [-0.15, -0.1) is 0 Å². The summed E-state index contributed by atoms with van der Waals surface area (Å²) in [6, 6.07) is 75.6. The van der Waals surface area contributed by atoms with Crippen LogP contribution >= 0.6 is 0 Å². The first-order chi connectivity index (χ1) is 34.9. The molecule has 0 saturated heterocycles. The van der Waals surface area contributed by atoms with Gasteiger partial charge in [-0.05, 0) is 168 Å². The van der Waals surface area contributed by atoms with Crippen LogP contribution in [-0.2, 0) is 11.8 Å². The van der Waals surface area contributed by atoms with E-state index in [2.05, 4.69) is 250 Å². The van der Waals surface area contributed by atoms with Gasteiger partial charge in [0.2, 0.25) is 0 Å². The molecule has 4 aliphatic carbocycles. The molecule has 332 valence electrons. The summed E-state index contributed by atoms with van der Waals surface area (Å²) in [5.41, 5.74) is 27.5. The number of hydrogen-bond donors (Lipinski definition) is 0. The minimum atomic E-state index is -0.130. The summed E-state index contributed by atoms with van der Waals surface area (Å²) in [4.78, 5) is 0. The third kappa shape index (κ3) is 6.17. The van der Waals surface area contributed by atoms with Crippen molar-refractivity contribution in [1.82, 2.24) is 0 Å². The molecule has 0 amide bonds. The van der Waals surface area contributed by atoms with Crippen molar-refractivity contribution in [3.8, 4) is 77.9 Å². The first-order valence-electron chi connectivity index (χ1n) is 25.2.